The van der Waals surface area contributed by atoms with Gasteiger partial charge in [0, 0.05) is 32.0 Å². The molecule has 2 unspecified atom stereocenters. The van der Waals surface area contributed by atoms with Gasteiger partial charge in [0.05, 0.1) is 18.8 Å². The molecule has 1 N–H and O–H groups in total. The smallest absolute Gasteiger partial charge is 0.128 e. The summed E-state index contributed by atoms with van der Waals surface area (Å²) >= 11 is 0. The molecule has 1 aliphatic heterocycles. The average Bonchev–Trinajstić information content (AvgIpc) is 2.78. The Kier molecular flexibility index (Phi) is 4.15. The van der Waals surface area contributed by atoms with Crippen LogP contribution in [0.1, 0.15) is 18.8 Å². The Bertz CT molecular complexity index is 352. The third kappa shape index (κ3) is 2.68. The van der Waals surface area contributed by atoms with E-state index in [1.54, 1.807) is 0 Å². The van der Waals surface area contributed by atoms with E-state index in [-0.39, 0.29) is 12.1 Å². The number of aryl methyl sites for hydroxylation is 1. The van der Waals surface area contributed by atoms with Gasteiger partial charge in [-0.05, 0) is 21.0 Å². The molecule has 0 radical (unpaired) electrons. The molecule has 0 aromatic carbocycles. The molecule has 0 aliphatic carbocycles. The molecular weight excluding hydrogens is 216 g/mol. The van der Waals surface area contributed by atoms with Gasteiger partial charge in [0.2, 0.25) is 0 Å². The van der Waals surface area contributed by atoms with Crippen molar-refractivity contribution >= 4 is 0 Å². The summed E-state index contributed by atoms with van der Waals surface area (Å²) in [5, 5.41) is 3.33. The lowest BCUT2D eigenvalue weighted by molar-refractivity contribution is -0.0399. The first-order valence-electron chi connectivity index (χ1n) is 6.24. The number of hydrogen-bond acceptors (Lipinski definition) is 4. The minimum Gasteiger partial charge on any atom is -0.373 e. The van der Waals surface area contributed by atoms with Crippen molar-refractivity contribution in [1.82, 2.24) is 19.8 Å². The van der Waals surface area contributed by atoms with Gasteiger partial charge in [0.15, 0.2) is 0 Å². The summed E-state index contributed by atoms with van der Waals surface area (Å²) in [6.45, 7) is 5.82. The number of rotatable bonds is 4. The van der Waals surface area contributed by atoms with Crippen LogP contribution in [0, 0.1) is 0 Å². The summed E-state index contributed by atoms with van der Waals surface area (Å²) in [4.78, 5) is 6.76. The summed E-state index contributed by atoms with van der Waals surface area (Å²) in [5.41, 5.74) is 0. The maximum absolute atomic E-state index is 5.87. The molecule has 2 heterocycles. The molecule has 2 rings (SSSR count). The Morgan fingerprint density at radius 1 is 1.65 bits per heavy atom. The van der Waals surface area contributed by atoms with E-state index >= 15 is 0 Å². The number of ether oxygens (including phenoxy) is 1. The number of hydrogen-bond donors (Lipinski definition) is 1. The highest BCUT2D eigenvalue weighted by molar-refractivity contribution is 5.03. The van der Waals surface area contributed by atoms with Gasteiger partial charge < -0.3 is 19.5 Å². The second-order valence-corrected chi connectivity index (χ2v) is 4.51. The molecule has 0 spiro atoms. The normalized spacial score (nSPS) is 23.8. The number of morpholine rings is 1. The Morgan fingerprint density at radius 3 is 3.12 bits per heavy atom. The first-order chi connectivity index (χ1) is 8.26. The Labute approximate surface area is 103 Å². The summed E-state index contributed by atoms with van der Waals surface area (Å²) in [6.07, 6.45) is 4.05. The van der Waals surface area contributed by atoms with E-state index in [0.29, 0.717) is 0 Å². The zero-order valence-electron chi connectivity index (χ0n) is 10.9. The molecule has 0 bridgehead atoms. The fraction of sp³-hybridized carbons (Fsp3) is 0.750. The first kappa shape index (κ1) is 12.5. The van der Waals surface area contributed by atoms with Gasteiger partial charge in [-0.3, -0.25) is 0 Å². The van der Waals surface area contributed by atoms with Crippen LogP contribution in [0.4, 0.5) is 0 Å². The first-order valence-corrected chi connectivity index (χ1v) is 6.24. The number of nitrogens with one attached hydrogen (secondary N) is 1. The van der Waals surface area contributed by atoms with Crippen molar-refractivity contribution in [3.05, 3.63) is 18.2 Å². The maximum atomic E-state index is 5.87. The summed E-state index contributed by atoms with van der Waals surface area (Å²) < 4.78 is 8.03. The molecule has 1 fully saturated rings. The zero-order valence-corrected chi connectivity index (χ0v) is 10.9. The molecule has 1 aromatic rings. The minimum absolute atomic E-state index is 0.160. The van der Waals surface area contributed by atoms with Gasteiger partial charge in [-0.15, -0.1) is 0 Å². The van der Waals surface area contributed by atoms with Crippen molar-refractivity contribution in [2.24, 2.45) is 0 Å². The molecule has 5 nitrogen and oxygen atoms in total. The molecule has 1 aromatic heterocycles. The van der Waals surface area contributed by atoms with E-state index in [0.717, 1.165) is 32.1 Å². The van der Waals surface area contributed by atoms with Gasteiger partial charge >= 0.3 is 0 Å². The molecule has 2 atom stereocenters. The van der Waals surface area contributed by atoms with Crippen LogP contribution in [0.2, 0.25) is 0 Å². The number of aromatic nitrogens is 2. The van der Waals surface area contributed by atoms with Crippen molar-refractivity contribution in [1.29, 1.82) is 0 Å². The highest BCUT2D eigenvalue weighted by Gasteiger charge is 2.29. The SMILES string of the molecule is CCn1ccnc1C(NC)C1CN(C)CCO1. The highest BCUT2D eigenvalue weighted by atomic mass is 16.5. The molecule has 5 heteroatoms. The minimum atomic E-state index is 0.160. The van der Waals surface area contributed by atoms with E-state index in [4.69, 9.17) is 4.74 Å². The fourth-order valence-electron chi connectivity index (χ4n) is 2.36. The second kappa shape index (κ2) is 5.62. The molecule has 1 saturated heterocycles. The molecular formula is C12H22N4O. The topological polar surface area (TPSA) is 42.3 Å². The predicted octanol–water partition coefficient (Wildman–Crippen LogP) is 0.494. The van der Waals surface area contributed by atoms with Crippen LogP contribution in [0.3, 0.4) is 0 Å². The standard InChI is InChI=1S/C12H22N4O/c1-4-16-6-5-14-12(16)11(13-2)10-9-15(3)7-8-17-10/h5-6,10-11,13H,4,7-9H2,1-3H3. The molecule has 96 valence electrons. The lowest BCUT2D eigenvalue weighted by Crippen LogP contribution is -2.46. The van der Waals surface area contributed by atoms with Gasteiger partial charge in [0.25, 0.3) is 0 Å². The van der Waals surface area contributed by atoms with Crippen LogP contribution in [-0.4, -0.2) is 54.3 Å². The van der Waals surface area contributed by atoms with Crippen LogP contribution in [0.5, 0.6) is 0 Å². The van der Waals surface area contributed by atoms with E-state index < -0.39 is 0 Å². The van der Waals surface area contributed by atoms with E-state index in [1.165, 1.54) is 0 Å². The Balaban J connectivity index is 2.15. The third-order valence-corrected chi connectivity index (χ3v) is 3.35. The van der Waals surface area contributed by atoms with Crippen LogP contribution >= 0.6 is 0 Å². The highest BCUT2D eigenvalue weighted by Crippen LogP contribution is 2.20. The molecule has 1 aliphatic rings. The van der Waals surface area contributed by atoms with Gasteiger partial charge in [-0.25, -0.2) is 4.98 Å². The maximum Gasteiger partial charge on any atom is 0.128 e. The lowest BCUT2D eigenvalue weighted by atomic mass is 10.1. The predicted molar refractivity (Wildman–Crippen MR) is 66.9 cm³/mol. The summed E-state index contributed by atoms with van der Waals surface area (Å²) in [5.74, 6) is 1.07. The molecule has 0 saturated carbocycles. The fourth-order valence-corrected chi connectivity index (χ4v) is 2.36. The van der Waals surface area contributed by atoms with Crippen LogP contribution in [0.15, 0.2) is 12.4 Å². The average molecular weight is 238 g/mol. The van der Waals surface area contributed by atoms with Crippen molar-refractivity contribution in [3.8, 4) is 0 Å². The van der Waals surface area contributed by atoms with Gasteiger partial charge in [0.1, 0.15) is 5.82 Å². The van der Waals surface area contributed by atoms with E-state index in [2.05, 4.69) is 33.7 Å². The van der Waals surface area contributed by atoms with E-state index in [1.807, 2.05) is 19.4 Å². The van der Waals surface area contributed by atoms with Crippen LogP contribution in [-0.2, 0) is 11.3 Å². The summed E-state index contributed by atoms with van der Waals surface area (Å²) in [7, 11) is 4.10. The third-order valence-electron chi connectivity index (χ3n) is 3.35. The molecule has 0 amide bonds. The van der Waals surface area contributed by atoms with Crippen molar-refractivity contribution < 1.29 is 4.74 Å². The number of nitrogens with zero attached hydrogens (tertiary/aromatic N) is 3. The van der Waals surface area contributed by atoms with Crippen LogP contribution in [0.25, 0.3) is 0 Å². The summed E-state index contributed by atoms with van der Waals surface area (Å²) in [6, 6.07) is 0.160. The van der Waals surface area contributed by atoms with Crippen molar-refractivity contribution in [2.45, 2.75) is 25.6 Å². The monoisotopic (exact) mass is 238 g/mol. The van der Waals surface area contributed by atoms with Crippen LogP contribution < -0.4 is 5.32 Å². The Hall–Kier alpha value is -0.910. The Morgan fingerprint density at radius 2 is 2.47 bits per heavy atom. The zero-order chi connectivity index (χ0) is 12.3. The number of imidazole rings is 1. The number of likely N-dealkylation sites (N-methyl/N-ethyl adjacent to an activating group) is 2. The molecule has 17 heavy (non-hydrogen) atoms. The lowest BCUT2D eigenvalue weighted by Gasteiger charge is -2.34. The van der Waals surface area contributed by atoms with Gasteiger partial charge in [-0.1, -0.05) is 0 Å². The van der Waals surface area contributed by atoms with Crippen molar-refractivity contribution in [2.75, 3.05) is 33.8 Å². The van der Waals surface area contributed by atoms with E-state index in [9.17, 15) is 0 Å². The quantitative estimate of drug-likeness (QED) is 0.829. The largest absolute Gasteiger partial charge is 0.373 e. The second-order valence-electron chi connectivity index (χ2n) is 4.51. The van der Waals surface area contributed by atoms with Gasteiger partial charge in [-0.2, -0.15) is 0 Å². The van der Waals surface area contributed by atoms with Crippen molar-refractivity contribution in [3.63, 3.8) is 0 Å².